The van der Waals surface area contributed by atoms with Crippen molar-refractivity contribution in [2.45, 2.75) is 43.4 Å². The van der Waals surface area contributed by atoms with E-state index in [1.54, 1.807) is 6.07 Å². The first-order valence-electron chi connectivity index (χ1n) is 8.84. The number of sulfonamides is 1. The Labute approximate surface area is 153 Å². The van der Waals surface area contributed by atoms with Crippen LogP contribution in [-0.4, -0.2) is 13.4 Å². The van der Waals surface area contributed by atoms with Crippen LogP contribution in [0.15, 0.2) is 47.5 Å². The lowest BCUT2D eigenvalue weighted by Crippen LogP contribution is -2.13. The Kier molecular flexibility index (Phi) is 4.20. The molecule has 4 rings (SSSR count). The van der Waals surface area contributed by atoms with Gasteiger partial charge in [-0.3, -0.25) is 4.98 Å². The van der Waals surface area contributed by atoms with Crippen LogP contribution in [0.1, 0.15) is 49.8 Å². The van der Waals surface area contributed by atoms with E-state index in [0.717, 1.165) is 29.7 Å². The number of hydrogen-bond donors (Lipinski definition) is 1. The average Bonchev–Trinajstić information content (AvgIpc) is 3.22. The Morgan fingerprint density at radius 1 is 0.962 bits per heavy atom. The van der Waals surface area contributed by atoms with Crippen LogP contribution >= 0.6 is 0 Å². The van der Waals surface area contributed by atoms with Gasteiger partial charge in [0.1, 0.15) is 10.7 Å². The first-order valence-corrected chi connectivity index (χ1v) is 10.4. The molecular formula is C20H21FN2O2S. The number of nitrogens with two attached hydrogens (primary N) is 1. The van der Waals surface area contributed by atoms with Gasteiger partial charge in [-0.05, 0) is 72.1 Å². The first-order chi connectivity index (χ1) is 12.4. The summed E-state index contributed by atoms with van der Waals surface area (Å²) in [5.74, 6) is -0.250. The fourth-order valence-corrected chi connectivity index (χ4v) is 4.86. The van der Waals surface area contributed by atoms with Gasteiger partial charge < -0.3 is 0 Å². The van der Waals surface area contributed by atoms with Crippen LogP contribution in [0.2, 0.25) is 0 Å². The molecule has 1 fully saturated rings. The van der Waals surface area contributed by atoms with E-state index in [1.807, 2.05) is 12.1 Å². The molecule has 4 nitrogen and oxygen atoms in total. The van der Waals surface area contributed by atoms with Crippen molar-refractivity contribution in [2.24, 2.45) is 10.6 Å². The van der Waals surface area contributed by atoms with E-state index in [0.29, 0.717) is 0 Å². The molecule has 0 radical (unpaired) electrons. The Hall–Kier alpha value is -2.05. The van der Waals surface area contributed by atoms with Crippen LogP contribution in [0.25, 0.3) is 11.1 Å². The average molecular weight is 372 g/mol. The lowest BCUT2D eigenvalue weighted by Gasteiger charge is -2.23. The van der Waals surface area contributed by atoms with Crippen LogP contribution in [0.4, 0.5) is 4.39 Å². The lowest BCUT2D eigenvalue weighted by molar-refractivity contribution is 0.329. The third-order valence-corrected chi connectivity index (χ3v) is 6.60. The van der Waals surface area contributed by atoms with E-state index in [1.165, 1.54) is 55.7 Å². The predicted octanol–water partition coefficient (Wildman–Crippen LogP) is 4.13. The van der Waals surface area contributed by atoms with Crippen LogP contribution in [0.5, 0.6) is 0 Å². The lowest BCUT2D eigenvalue weighted by atomic mass is 9.81. The maximum Gasteiger partial charge on any atom is 0.239 e. The summed E-state index contributed by atoms with van der Waals surface area (Å²) in [5.41, 5.74) is 4.39. The zero-order chi connectivity index (χ0) is 18.4. The molecule has 0 aliphatic heterocycles. The highest BCUT2D eigenvalue weighted by Gasteiger charge is 2.41. The summed E-state index contributed by atoms with van der Waals surface area (Å²) in [6.07, 6.45) is 8.07. The number of rotatable bonds is 3. The highest BCUT2D eigenvalue weighted by atomic mass is 32.2. The van der Waals surface area contributed by atoms with Crippen LogP contribution < -0.4 is 5.14 Å². The van der Waals surface area contributed by atoms with E-state index >= 15 is 0 Å². The molecule has 0 atom stereocenters. The summed E-state index contributed by atoms with van der Waals surface area (Å²) >= 11 is 0. The number of hydrogen-bond acceptors (Lipinski definition) is 3. The van der Waals surface area contributed by atoms with Gasteiger partial charge in [0.2, 0.25) is 10.0 Å². The van der Waals surface area contributed by atoms with Crippen LogP contribution in [-0.2, 0) is 10.0 Å². The van der Waals surface area contributed by atoms with Gasteiger partial charge in [-0.2, -0.15) is 0 Å². The first kappa shape index (κ1) is 17.4. The van der Waals surface area contributed by atoms with E-state index in [4.69, 9.17) is 5.14 Å². The molecule has 2 aliphatic rings. The highest BCUT2D eigenvalue weighted by Crippen LogP contribution is 2.57. The molecule has 0 amide bonds. The Bertz CT molecular complexity index is 958. The molecule has 26 heavy (non-hydrogen) atoms. The largest absolute Gasteiger partial charge is 0.255 e. The molecule has 1 saturated carbocycles. The van der Waals surface area contributed by atoms with Gasteiger partial charge in [-0.25, -0.2) is 17.9 Å². The van der Waals surface area contributed by atoms with Gasteiger partial charge in [0, 0.05) is 6.20 Å². The molecular weight excluding hydrogens is 351 g/mol. The normalized spacial score (nSPS) is 19.5. The van der Waals surface area contributed by atoms with Gasteiger partial charge >= 0.3 is 0 Å². The molecule has 2 N–H and O–H groups in total. The molecule has 1 heterocycles. The van der Waals surface area contributed by atoms with Crippen molar-refractivity contribution in [1.29, 1.82) is 0 Å². The van der Waals surface area contributed by atoms with Crippen molar-refractivity contribution < 1.29 is 12.8 Å². The number of benzene rings is 1. The summed E-state index contributed by atoms with van der Waals surface area (Å²) < 4.78 is 36.3. The molecule has 2 aromatic rings. The summed E-state index contributed by atoms with van der Waals surface area (Å²) in [6.45, 7) is 0. The highest BCUT2D eigenvalue weighted by molar-refractivity contribution is 7.89. The molecule has 0 unspecified atom stereocenters. The predicted molar refractivity (Wildman–Crippen MR) is 99.0 cm³/mol. The Balaban J connectivity index is 1.78. The Morgan fingerprint density at radius 2 is 1.62 bits per heavy atom. The summed E-state index contributed by atoms with van der Waals surface area (Å²) in [5, 5.41) is 5.17. The maximum atomic E-state index is 13.3. The summed E-state index contributed by atoms with van der Waals surface area (Å²) in [7, 11) is -3.76. The topological polar surface area (TPSA) is 73.1 Å². The third kappa shape index (κ3) is 3.19. The van der Waals surface area contributed by atoms with Crippen LogP contribution in [0, 0.1) is 11.2 Å². The van der Waals surface area contributed by atoms with Gasteiger partial charge in [0.25, 0.3) is 0 Å². The smallest absolute Gasteiger partial charge is 0.239 e. The number of halogens is 1. The quantitative estimate of drug-likeness (QED) is 0.880. The number of allylic oxidation sites excluding steroid dienone is 2. The molecule has 1 aromatic carbocycles. The molecule has 1 spiro atoms. The number of nitrogens with zero attached hydrogens (tertiary/aromatic N) is 1. The fraction of sp³-hybridized carbons (Fsp3) is 0.350. The second-order valence-electron chi connectivity index (χ2n) is 7.45. The minimum atomic E-state index is -3.76. The van der Waals surface area contributed by atoms with E-state index in [9.17, 15) is 12.8 Å². The van der Waals surface area contributed by atoms with Crippen molar-refractivity contribution in [1.82, 2.24) is 4.98 Å². The molecule has 0 bridgehead atoms. The van der Waals surface area contributed by atoms with Crippen molar-refractivity contribution in [3.63, 3.8) is 0 Å². The second-order valence-corrected chi connectivity index (χ2v) is 9.01. The molecule has 136 valence electrons. The number of pyridine rings is 1. The summed E-state index contributed by atoms with van der Waals surface area (Å²) in [4.78, 5) is 4.40. The van der Waals surface area contributed by atoms with Crippen molar-refractivity contribution in [3.8, 4) is 0 Å². The minimum Gasteiger partial charge on any atom is -0.255 e. The van der Waals surface area contributed by atoms with E-state index in [-0.39, 0.29) is 16.1 Å². The van der Waals surface area contributed by atoms with E-state index < -0.39 is 10.0 Å². The standard InChI is InChI=1S/C20H21FN2O2S/c21-15-5-3-14(4-6-15)17-11-20(9-1-2-10-20)12-18(17)19-8-7-16(13-23-19)26(22,24)25/h3-8,13H,1-2,9-12H2,(H2,22,24,25). The van der Waals surface area contributed by atoms with Crippen LogP contribution in [0.3, 0.4) is 0 Å². The van der Waals surface area contributed by atoms with Gasteiger partial charge in [-0.1, -0.05) is 25.0 Å². The molecule has 1 aromatic heterocycles. The molecule has 0 saturated heterocycles. The Morgan fingerprint density at radius 3 is 2.19 bits per heavy atom. The monoisotopic (exact) mass is 372 g/mol. The van der Waals surface area contributed by atoms with Gasteiger partial charge in [-0.15, -0.1) is 0 Å². The molecule has 6 heteroatoms. The van der Waals surface area contributed by atoms with Crippen molar-refractivity contribution >= 4 is 21.2 Å². The van der Waals surface area contributed by atoms with Gasteiger partial charge in [0.05, 0.1) is 5.69 Å². The second kappa shape index (κ2) is 6.28. The number of primary sulfonamides is 1. The zero-order valence-corrected chi connectivity index (χ0v) is 15.2. The summed E-state index contributed by atoms with van der Waals surface area (Å²) in [6, 6.07) is 9.84. The third-order valence-electron chi connectivity index (χ3n) is 5.70. The van der Waals surface area contributed by atoms with Crippen molar-refractivity contribution in [2.75, 3.05) is 0 Å². The van der Waals surface area contributed by atoms with Crippen molar-refractivity contribution in [3.05, 3.63) is 59.7 Å². The number of aromatic nitrogens is 1. The van der Waals surface area contributed by atoms with E-state index in [2.05, 4.69) is 4.98 Å². The maximum absolute atomic E-state index is 13.3. The zero-order valence-electron chi connectivity index (χ0n) is 14.4. The molecule has 2 aliphatic carbocycles. The SMILES string of the molecule is NS(=O)(=O)c1ccc(C2=C(c3ccc(F)cc3)CC3(CCCC3)C2)nc1. The minimum absolute atomic E-state index is 0.0127. The van der Waals surface area contributed by atoms with Gasteiger partial charge in [0.15, 0.2) is 0 Å². The fourth-order valence-electron chi connectivity index (χ4n) is 4.40.